The molecular formula is C68H56B2N2. The van der Waals surface area contributed by atoms with Gasteiger partial charge in [-0.2, -0.15) is 0 Å². The van der Waals surface area contributed by atoms with E-state index < -0.39 is 0 Å². The molecule has 344 valence electrons. The molecule has 0 spiro atoms. The molecule has 0 N–H and O–H groups in total. The zero-order valence-electron chi connectivity index (χ0n) is 43.1. The number of fused-ring (bicyclic) bond motifs is 18. The largest absolute Gasteiger partial charge is 0.307 e. The number of benzene rings is 10. The molecule has 3 heterocycles. The van der Waals surface area contributed by atoms with Gasteiger partial charge in [-0.1, -0.05) is 218 Å². The second-order valence-corrected chi connectivity index (χ2v) is 23.1. The van der Waals surface area contributed by atoms with Crippen LogP contribution in [-0.2, 0) is 10.8 Å². The van der Waals surface area contributed by atoms with Crippen LogP contribution in [0, 0.1) is 41.5 Å². The van der Waals surface area contributed by atoms with Crippen LogP contribution >= 0.6 is 0 Å². The van der Waals surface area contributed by atoms with Gasteiger partial charge >= 0.3 is 0 Å². The smallest absolute Gasteiger partial charge is 0.248 e. The molecule has 0 unspecified atom stereocenters. The number of hydrogen-bond acceptors (Lipinski definition) is 2. The Kier molecular flexibility index (Phi) is 8.26. The molecule has 2 aliphatic carbocycles. The lowest BCUT2D eigenvalue weighted by Gasteiger charge is -2.51. The summed E-state index contributed by atoms with van der Waals surface area (Å²) < 4.78 is 0. The Hall–Kier alpha value is -7.55. The zero-order chi connectivity index (χ0) is 49.0. The normalized spacial score (nSPS) is 15.5. The average Bonchev–Trinajstić information content (AvgIpc) is 3.74. The predicted molar refractivity (Wildman–Crippen MR) is 310 cm³/mol. The molecule has 0 aromatic heterocycles. The maximum absolute atomic E-state index is 2.82. The van der Waals surface area contributed by atoms with Crippen molar-refractivity contribution in [3.8, 4) is 22.3 Å². The molecule has 4 heteroatoms. The standard InChI is InChI=1S/C68H56B2N2/c1-37-31-39(3)59(40(4)32-37)69-53-29-27-49-47-23-15-17-25-51(47)67(7,8)57(49)63(53)71-56-36-44-20-12-14-22-46(44)62-66(56)72(55-35-43-19-11-13-21-45(43)61(69)65(55)71)64-54(70(62)60-41(5)33-38(2)34-42(60)6)30-28-50-48-24-16-18-26-52(48)68(9,10)58(50)64/h11-36H,1-10H3. The first kappa shape index (κ1) is 42.2. The van der Waals surface area contributed by atoms with Crippen LogP contribution < -0.4 is 42.6 Å². The van der Waals surface area contributed by atoms with Crippen LogP contribution in [0.15, 0.2) is 158 Å². The van der Waals surface area contributed by atoms with Crippen molar-refractivity contribution in [3.63, 3.8) is 0 Å². The van der Waals surface area contributed by atoms with E-state index in [1.54, 1.807) is 0 Å². The van der Waals surface area contributed by atoms with Gasteiger partial charge in [0.15, 0.2) is 0 Å². The van der Waals surface area contributed by atoms with E-state index in [4.69, 9.17) is 0 Å². The molecule has 72 heavy (non-hydrogen) atoms. The Morgan fingerprint density at radius 2 is 0.708 bits per heavy atom. The van der Waals surface area contributed by atoms with E-state index in [-0.39, 0.29) is 24.3 Å². The first-order valence-electron chi connectivity index (χ1n) is 26.2. The first-order valence-corrected chi connectivity index (χ1v) is 26.2. The highest BCUT2D eigenvalue weighted by molar-refractivity contribution is 7.01. The van der Waals surface area contributed by atoms with Crippen molar-refractivity contribution in [2.75, 3.05) is 9.80 Å². The van der Waals surface area contributed by atoms with Gasteiger partial charge in [0.05, 0.1) is 22.7 Å². The Morgan fingerprint density at radius 3 is 1.11 bits per heavy atom. The monoisotopic (exact) mass is 922 g/mol. The molecule has 5 aliphatic rings. The Labute approximate surface area is 425 Å². The summed E-state index contributed by atoms with van der Waals surface area (Å²) in [7, 11) is 0. The van der Waals surface area contributed by atoms with E-state index in [1.165, 1.54) is 166 Å². The molecular weight excluding hydrogens is 866 g/mol. The maximum Gasteiger partial charge on any atom is 0.248 e. The van der Waals surface area contributed by atoms with Crippen LogP contribution in [0.4, 0.5) is 34.1 Å². The van der Waals surface area contributed by atoms with Gasteiger partial charge in [-0.25, -0.2) is 0 Å². The van der Waals surface area contributed by atoms with Gasteiger partial charge in [0.1, 0.15) is 0 Å². The second-order valence-electron chi connectivity index (χ2n) is 23.1. The van der Waals surface area contributed by atoms with Crippen LogP contribution in [0.3, 0.4) is 0 Å². The molecule has 0 amide bonds. The highest BCUT2D eigenvalue weighted by Crippen LogP contribution is 2.63. The third-order valence-corrected chi connectivity index (χ3v) is 18.2. The van der Waals surface area contributed by atoms with Crippen molar-refractivity contribution in [2.45, 2.75) is 80.1 Å². The second kappa shape index (κ2) is 14.1. The van der Waals surface area contributed by atoms with Crippen molar-refractivity contribution < 1.29 is 0 Å². The van der Waals surface area contributed by atoms with Crippen molar-refractivity contribution in [2.24, 2.45) is 0 Å². The molecule has 0 saturated heterocycles. The van der Waals surface area contributed by atoms with Crippen LogP contribution in [0.2, 0.25) is 0 Å². The van der Waals surface area contributed by atoms with Gasteiger partial charge in [-0.3, -0.25) is 0 Å². The first-order chi connectivity index (χ1) is 34.8. The SMILES string of the molecule is Cc1cc(C)c(B2c3ccc4c(c3N3c5cc6ccccc6c6c5N(c5cc7ccccc7c2c53)c2c(ccc3c2C(C)(C)c2ccccc2-3)B6c2c(C)cc(C)cc2C)C(C)(C)c2ccccc2-4)c(C)c1. The van der Waals surface area contributed by atoms with E-state index in [0.717, 1.165) is 0 Å². The topological polar surface area (TPSA) is 6.48 Å². The molecule has 0 saturated carbocycles. The molecule has 10 aromatic carbocycles. The molecule has 10 aromatic rings. The average molecular weight is 923 g/mol. The fraction of sp³-hybridized carbons (Fsp3) is 0.176. The van der Waals surface area contributed by atoms with Crippen LogP contribution in [-0.4, -0.2) is 13.4 Å². The summed E-state index contributed by atoms with van der Waals surface area (Å²) in [6.07, 6.45) is 0. The summed E-state index contributed by atoms with van der Waals surface area (Å²) in [4.78, 5) is 5.63. The van der Waals surface area contributed by atoms with Gasteiger partial charge in [-0.05, 0) is 142 Å². The lowest BCUT2D eigenvalue weighted by Crippen LogP contribution is -2.62. The van der Waals surface area contributed by atoms with Gasteiger partial charge in [0.25, 0.3) is 0 Å². The highest BCUT2D eigenvalue weighted by Gasteiger charge is 2.53. The molecule has 3 aliphatic heterocycles. The number of rotatable bonds is 2. The molecule has 2 nitrogen and oxygen atoms in total. The van der Waals surface area contributed by atoms with E-state index in [2.05, 4.69) is 237 Å². The third-order valence-electron chi connectivity index (χ3n) is 18.2. The Balaban J connectivity index is 1.19. The van der Waals surface area contributed by atoms with Crippen LogP contribution in [0.1, 0.15) is 83.3 Å². The van der Waals surface area contributed by atoms with Gasteiger partial charge in [0.2, 0.25) is 13.4 Å². The van der Waals surface area contributed by atoms with Gasteiger partial charge in [-0.15, -0.1) is 0 Å². The number of nitrogens with zero attached hydrogens (tertiary/aromatic N) is 2. The molecule has 0 bridgehead atoms. The molecule has 0 atom stereocenters. The lowest BCUT2D eigenvalue weighted by molar-refractivity contribution is 0.660. The van der Waals surface area contributed by atoms with Gasteiger partial charge < -0.3 is 9.80 Å². The van der Waals surface area contributed by atoms with Crippen molar-refractivity contribution in [1.29, 1.82) is 0 Å². The Bertz CT molecular complexity index is 3840. The van der Waals surface area contributed by atoms with Crippen molar-refractivity contribution in [3.05, 3.63) is 213 Å². The van der Waals surface area contributed by atoms with E-state index in [1.807, 2.05) is 0 Å². The van der Waals surface area contributed by atoms with E-state index >= 15 is 0 Å². The number of aryl methyl sites for hydroxylation is 6. The van der Waals surface area contributed by atoms with E-state index in [9.17, 15) is 0 Å². The summed E-state index contributed by atoms with van der Waals surface area (Å²) in [6.45, 7) is 23.8. The minimum Gasteiger partial charge on any atom is -0.307 e. The fourth-order valence-electron chi connectivity index (χ4n) is 15.7. The summed E-state index contributed by atoms with van der Waals surface area (Å²) >= 11 is 0. The molecule has 0 radical (unpaired) electrons. The van der Waals surface area contributed by atoms with Crippen molar-refractivity contribution in [1.82, 2.24) is 0 Å². The Morgan fingerprint density at radius 1 is 0.347 bits per heavy atom. The fourth-order valence-corrected chi connectivity index (χ4v) is 15.7. The van der Waals surface area contributed by atoms with Crippen molar-refractivity contribution >= 4 is 102 Å². The quantitative estimate of drug-likeness (QED) is 0.159. The highest BCUT2D eigenvalue weighted by atomic mass is 15.3. The summed E-state index contributed by atoms with van der Waals surface area (Å²) in [5.41, 5.74) is 34.7. The summed E-state index contributed by atoms with van der Waals surface area (Å²) in [5, 5.41) is 5.17. The number of hydrogen-bond donors (Lipinski definition) is 0. The van der Waals surface area contributed by atoms with Gasteiger partial charge in [0, 0.05) is 22.2 Å². The maximum atomic E-state index is 2.82. The summed E-state index contributed by atoms with van der Waals surface area (Å²) in [6, 6.07) is 61.9. The third kappa shape index (κ3) is 5.13. The van der Waals surface area contributed by atoms with Crippen LogP contribution in [0.25, 0.3) is 43.8 Å². The lowest BCUT2D eigenvalue weighted by atomic mass is 9.32. The minimum absolute atomic E-state index is 0.0277. The zero-order valence-corrected chi connectivity index (χ0v) is 43.1. The number of anilines is 6. The predicted octanol–water partition coefficient (Wildman–Crippen LogP) is 13.4. The minimum atomic E-state index is -0.274. The molecule has 0 fully saturated rings. The van der Waals surface area contributed by atoms with E-state index in [0.29, 0.717) is 0 Å². The summed E-state index contributed by atoms with van der Waals surface area (Å²) in [5.74, 6) is 0. The van der Waals surface area contributed by atoms with Crippen LogP contribution in [0.5, 0.6) is 0 Å². The molecule has 15 rings (SSSR count).